The lowest BCUT2D eigenvalue weighted by atomic mass is 10.1. The molecule has 0 aromatic heterocycles. The molecule has 2 unspecified atom stereocenters. The summed E-state index contributed by atoms with van der Waals surface area (Å²) in [6.45, 7) is 4.46. The number of hydrogen-bond donors (Lipinski definition) is 2. The van der Waals surface area contributed by atoms with Crippen molar-refractivity contribution in [1.29, 1.82) is 0 Å². The number of hydrazine groups is 1. The van der Waals surface area contributed by atoms with Crippen LogP contribution in [0.2, 0.25) is 0 Å². The van der Waals surface area contributed by atoms with Gasteiger partial charge in [-0.25, -0.2) is 0 Å². The molecule has 2 aliphatic heterocycles. The Morgan fingerprint density at radius 1 is 1.00 bits per heavy atom. The monoisotopic (exact) mass is 409 g/mol. The van der Waals surface area contributed by atoms with Crippen LogP contribution in [0.4, 0.5) is 5.69 Å². The van der Waals surface area contributed by atoms with E-state index in [0.29, 0.717) is 24.5 Å². The molecule has 1 fully saturated rings. The summed E-state index contributed by atoms with van der Waals surface area (Å²) in [5.74, 6) is -1.20. The molecule has 4 rings (SSSR count). The molecule has 2 aliphatic rings. The Bertz CT molecular complexity index is 1010. The molecule has 2 atom stereocenters. The van der Waals surface area contributed by atoms with Gasteiger partial charge in [0.25, 0.3) is 11.8 Å². The van der Waals surface area contributed by atoms with E-state index in [0.717, 1.165) is 16.8 Å². The van der Waals surface area contributed by atoms with Gasteiger partial charge in [-0.2, -0.15) is 0 Å². The maximum Gasteiger partial charge on any atom is 0.283 e. The van der Waals surface area contributed by atoms with Crippen molar-refractivity contribution < 1.29 is 23.9 Å². The Kier molecular flexibility index (Phi) is 5.31. The van der Waals surface area contributed by atoms with Gasteiger partial charge in [0.15, 0.2) is 11.5 Å². The number of carbonyl (C=O) groups is 3. The highest BCUT2D eigenvalue weighted by molar-refractivity contribution is 6.09. The second-order valence-electron chi connectivity index (χ2n) is 7.44. The zero-order chi connectivity index (χ0) is 21.3. The standard InChI is InChI=1S/C22H23N3O5/c1-13-7-8-15(11-14(13)2)25-10-9-16(22(25)28)20(26)23-24-21(27)19-12-29-17-5-3-4-6-18(17)30-19/h3-8,11,16,19H,9-10,12H2,1-2H3,(H,23,26)(H,24,27). The summed E-state index contributed by atoms with van der Waals surface area (Å²) in [6, 6.07) is 12.8. The van der Waals surface area contributed by atoms with Crippen molar-refractivity contribution in [3.63, 3.8) is 0 Å². The Morgan fingerprint density at radius 2 is 1.73 bits per heavy atom. The molecular formula is C22H23N3O5. The van der Waals surface area contributed by atoms with Crippen LogP contribution in [0.1, 0.15) is 17.5 Å². The van der Waals surface area contributed by atoms with Crippen LogP contribution in [0.5, 0.6) is 11.5 Å². The topological polar surface area (TPSA) is 97.0 Å². The zero-order valence-electron chi connectivity index (χ0n) is 16.8. The van der Waals surface area contributed by atoms with Crippen LogP contribution in [-0.2, 0) is 14.4 Å². The third kappa shape index (κ3) is 3.80. The van der Waals surface area contributed by atoms with E-state index in [1.54, 1.807) is 23.1 Å². The molecule has 2 aromatic rings. The predicted octanol–water partition coefficient (Wildman–Crippen LogP) is 1.64. The zero-order valence-corrected chi connectivity index (χ0v) is 16.8. The van der Waals surface area contributed by atoms with Gasteiger partial charge in [-0.15, -0.1) is 0 Å². The molecule has 0 radical (unpaired) electrons. The molecule has 0 spiro atoms. The fraction of sp³-hybridized carbons (Fsp3) is 0.318. The van der Waals surface area contributed by atoms with Crippen molar-refractivity contribution >= 4 is 23.4 Å². The van der Waals surface area contributed by atoms with E-state index in [4.69, 9.17) is 9.47 Å². The highest BCUT2D eigenvalue weighted by atomic mass is 16.6. The molecule has 2 heterocycles. The predicted molar refractivity (Wildman–Crippen MR) is 109 cm³/mol. The first-order chi connectivity index (χ1) is 14.4. The van der Waals surface area contributed by atoms with Crippen LogP contribution >= 0.6 is 0 Å². The first kappa shape index (κ1) is 19.8. The van der Waals surface area contributed by atoms with E-state index < -0.39 is 23.8 Å². The summed E-state index contributed by atoms with van der Waals surface area (Å²) in [5.41, 5.74) is 7.67. The van der Waals surface area contributed by atoms with E-state index in [1.807, 2.05) is 38.1 Å². The third-order valence-corrected chi connectivity index (χ3v) is 5.43. The van der Waals surface area contributed by atoms with Gasteiger partial charge < -0.3 is 14.4 Å². The van der Waals surface area contributed by atoms with Crippen molar-refractivity contribution in [3.8, 4) is 11.5 Å². The van der Waals surface area contributed by atoms with Gasteiger partial charge in [0, 0.05) is 12.2 Å². The molecular weight excluding hydrogens is 386 g/mol. The van der Waals surface area contributed by atoms with Crippen molar-refractivity contribution in [2.75, 3.05) is 18.1 Å². The molecule has 0 saturated carbocycles. The lowest BCUT2D eigenvalue weighted by Gasteiger charge is -2.25. The van der Waals surface area contributed by atoms with Crippen molar-refractivity contribution in [1.82, 2.24) is 10.9 Å². The normalized spacial score (nSPS) is 20.1. The minimum Gasteiger partial charge on any atom is -0.485 e. The number of anilines is 1. The minimum atomic E-state index is -0.897. The van der Waals surface area contributed by atoms with Gasteiger partial charge in [-0.1, -0.05) is 18.2 Å². The average Bonchev–Trinajstić information content (AvgIpc) is 3.14. The molecule has 2 N–H and O–H groups in total. The van der Waals surface area contributed by atoms with Gasteiger partial charge in [0.2, 0.25) is 12.0 Å². The summed E-state index contributed by atoms with van der Waals surface area (Å²) in [4.78, 5) is 39.2. The number of aryl methyl sites for hydroxylation is 2. The Morgan fingerprint density at radius 3 is 2.50 bits per heavy atom. The summed E-state index contributed by atoms with van der Waals surface area (Å²) in [6.07, 6.45) is -0.518. The maximum atomic E-state index is 12.7. The van der Waals surface area contributed by atoms with E-state index in [9.17, 15) is 14.4 Å². The second-order valence-corrected chi connectivity index (χ2v) is 7.44. The van der Waals surface area contributed by atoms with Gasteiger partial charge in [-0.05, 0) is 55.7 Å². The summed E-state index contributed by atoms with van der Waals surface area (Å²) in [7, 11) is 0. The van der Waals surface area contributed by atoms with Gasteiger partial charge in [0.1, 0.15) is 12.5 Å². The van der Waals surface area contributed by atoms with Gasteiger partial charge in [0.05, 0.1) is 0 Å². The van der Waals surface area contributed by atoms with E-state index in [-0.39, 0.29) is 12.5 Å². The number of carbonyl (C=O) groups excluding carboxylic acids is 3. The number of benzene rings is 2. The number of nitrogens with zero attached hydrogens (tertiary/aromatic N) is 1. The average molecular weight is 409 g/mol. The van der Waals surface area contributed by atoms with Crippen LogP contribution in [0, 0.1) is 19.8 Å². The minimum absolute atomic E-state index is 0.0294. The summed E-state index contributed by atoms with van der Waals surface area (Å²) in [5, 5.41) is 0. The lowest BCUT2D eigenvalue weighted by molar-refractivity contribution is -0.138. The van der Waals surface area contributed by atoms with E-state index in [2.05, 4.69) is 10.9 Å². The first-order valence-corrected chi connectivity index (χ1v) is 9.81. The van der Waals surface area contributed by atoms with Crippen molar-refractivity contribution in [2.24, 2.45) is 5.92 Å². The van der Waals surface area contributed by atoms with Gasteiger partial charge >= 0.3 is 0 Å². The number of ether oxygens (including phenoxy) is 2. The van der Waals surface area contributed by atoms with E-state index in [1.165, 1.54) is 0 Å². The van der Waals surface area contributed by atoms with Gasteiger partial charge in [-0.3, -0.25) is 25.2 Å². The van der Waals surface area contributed by atoms with Crippen LogP contribution in [0.25, 0.3) is 0 Å². The molecule has 0 aliphatic carbocycles. The Labute approximate surface area is 174 Å². The third-order valence-electron chi connectivity index (χ3n) is 5.43. The molecule has 8 heteroatoms. The SMILES string of the molecule is Cc1ccc(N2CCC(C(=O)NNC(=O)C3COc4ccccc4O3)C2=O)cc1C. The fourth-order valence-electron chi connectivity index (χ4n) is 3.51. The smallest absolute Gasteiger partial charge is 0.283 e. The molecule has 0 bridgehead atoms. The van der Waals surface area contributed by atoms with E-state index >= 15 is 0 Å². The number of fused-ring (bicyclic) bond motifs is 1. The van der Waals surface area contributed by atoms with Crippen LogP contribution in [0.3, 0.4) is 0 Å². The number of hydrogen-bond acceptors (Lipinski definition) is 5. The lowest BCUT2D eigenvalue weighted by Crippen LogP contribution is -2.52. The molecule has 30 heavy (non-hydrogen) atoms. The first-order valence-electron chi connectivity index (χ1n) is 9.81. The Hall–Kier alpha value is -3.55. The fourth-order valence-corrected chi connectivity index (χ4v) is 3.51. The quantitative estimate of drug-likeness (QED) is 0.594. The van der Waals surface area contributed by atoms with Crippen molar-refractivity contribution in [2.45, 2.75) is 26.4 Å². The van der Waals surface area contributed by atoms with Crippen LogP contribution in [-0.4, -0.2) is 37.0 Å². The highest BCUT2D eigenvalue weighted by Gasteiger charge is 2.38. The second kappa shape index (κ2) is 8.06. The van der Waals surface area contributed by atoms with Crippen LogP contribution in [0.15, 0.2) is 42.5 Å². The number of nitrogens with one attached hydrogen (secondary N) is 2. The number of amides is 3. The van der Waals surface area contributed by atoms with Crippen molar-refractivity contribution in [3.05, 3.63) is 53.6 Å². The number of para-hydroxylation sites is 2. The molecule has 156 valence electrons. The molecule has 1 saturated heterocycles. The highest BCUT2D eigenvalue weighted by Crippen LogP contribution is 2.31. The van der Waals surface area contributed by atoms with Crippen LogP contribution < -0.4 is 25.2 Å². The number of rotatable bonds is 3. The molecule has 3 amide bonds. The maximum absolute atomic E-state index is 12.7. The summed E-state index contributed by atoms with van der Waals surface area (Å²) >= 11 is 0. The molecule has 2 aromatic carbocycles. The largest absolute Gasteiger partial charge is 0.485 e. The molecule has 8 nitrogen and oxygen atoms in total. The summed E-state index contributed by atoms with van der Waals surface area (Å²) < 4.78 is 11.1. The Balaban J connectivity index is 1.33.